The van der Waals surface area contributed by atoms with Gasteiger partial charge >= 0.3 is 5.97 Å². The Morgan fingerprint density at radius 2 is 1.87 bits per heavy atom. The van der Waals surface area contributed by atoms with Crippen LogP contribution in [-0.4, -0.2) is 59.5 Å². The zero-order valence-electron chi connectivity index (χ0n) is 18.9. The number of esters is 1. The molecule has 31 heavy (non-hydrogen) atoms. The van der Waals surface area contributed by atoms with Gasteiger partial charge in [0.05, 0.1) is 16.0 Å². The third kappa shape index (κ3) is 3.78. The standard InChI is InChI=1S/C24H35N3O3S/c1-23(2)14-24(22(29)30-23)10-5-11-27(15-24)16-8-12-26(13-9-16)21(28)19-17-6-3-4-7-18(17)31-20(19)25/h16H,3-15,25H2,1-2H3. The third-order valence-electron chi connectivity index (χ3n) is 7.85. The van der Waals surface area contributed by atoms with Crippen molar-refractivity contribution in [2.45, 2.75) is 83.3 Å². The zero-order valence-corrected chi connectivity index (χ0v) is 19.7. The molecular formula is C24H35N3O3S. The number of thiophene rings is 1. The van der Waals surface area contributed by atoms with Crippen LogP contribution < -0.4 is 5.73 Å². The Balaban J connectivity index is 1.24. The quantitative estimate of drug-likeness (QED) is 0.704. The number of likely N-dealkylation sites (tertiary alicyclic amines) is 2. The molecule has 3 aliphatic heterocycles. The summed E-state index contributed by atoms with van der Waals surface area (Å²) in [4.78, 5) is 31.9. The Bertz CT molecular complexity index is 887. The van der Waals surface area contributed by atoms with Crippen molar-refractivity contribution in [3.05, 3.63) is 16.0 Å². The molecule has 0 radical (unpaired) electrons. The molecule has 0 aromatic carbocycles. The molecule has 170 valence electrons. The lowest BCUT2D eigenvalue weighted by Crippen LogP contribution is -2.53. The third-order valence-corrected chi connectivity index (χ3v) is 8.97. The zero-order chi connectivity index (χ0) is 21.8. The number of cyclic esters (lactones) is 1. The van der Waals surface area contributed by atoms with E-state index in [1.165, 1.54) is 16.9 Å². The Labute approximate surface area is 189 Å². The molecule has 1 unspecified atom stereocenters. The molecule has 0 bridgehead atoms. The van der Waals surface area contributed by atoms with Crippen molar-refractivity contribution < 1.29 is 14.3 Å². The van der Waals surface area contributed by atoms with Crippen molar-refractivity contribution in [1.82, 2.24) is 9.80 Å². The summed E-state index contributed by atoms with van der Waals surface area (Å²) in [5, 5.41) is 0.708. The highest BCUT2D eigenvalue weighted by molar-refractivity contribution is 7.16. The second-order valence-corrected chi connectivity index (χ2v) is 11.8. The fourth-order valence-electron chi connectivity index (χ4n) is 6.49. The van der Waals surface area contributed by atoms with Gasteiger partial charge in [0.15, 0.2) is 0 Å². The number of carbonyl (C=O) groups is 2. The number of amides is 1. The summed E-state index contributed by atoms with van der Waals surface area (Å²) in [6, 6.07) is 0.437. The number of nitrogens with zero attached hydrogens (tertiary/aromatic N) is 2. The van der Waals surface area contributed by atoms with Crippen LogP contribution >= 0.6 is 11.3 Å². The largest absolute Gasteiger partial charge is 0.459 e. The van der Waals surface area contributed by atoms with Gasteiger partial charge in [0.25, 0.3) is 5.91 Å². The second kappa shape index (κ2) is 7.77. The summed E-state index contributed by atoms with van der Waals surface area (Å²) in [6.45, 7) is 7.44. The van der Waals surface area contributed by atoms with Crippen LogP contribution in [0.4, 0.5) is 5.00 Å². The van der Waals surface area contributed by atoms with Crippen LogP contribution in [0.2, 0.25) is 0 Å². The normalized spacial score (nSPS) is 29.2. The smallest absolute Gasteiger partial charge is 0.314 e. The van der Waals surface area contributed by atoms with Gasteiger partial charge in [0.2, 0.25) is 0 Å². The average Bonchev–Trinajstić information content (AvgIpc) is 3.19. The summed E-state index contributed by atoms with van der Waals surface area (Å²) < 4.78 is 5.69. The summed E-state index contributed by atoms with van der Waals surface area (Å²) in [5.41, 5.74) is 7.63. The van der Waals surface area contributed by atoms with E-state index in [1.807, 2.05) is 18.7 Å². The molecule has 1 amide bonds. The molecule has 1 aliphatic carbocycles. The van der Waals surface area contributed by atoms with E-state index >= 15 is 0 Å². The number of nitrogens with two attached hydrogens (primary N) is 1. The molecule has 7 heteroatoms. The van der Waals surface area contributed by atoms with Crippen LogP contribution in [0.3, 0.4) is 0 Å². The summed E-state index contributed by atoms with van der Waals surface area (Å²) in [5.74, 6) is 0.124. The fourth-order valence-corrected chi connectivity index (χ4v) is 7.64. The van der Waals surface area contributed by atoms with Crippen LogP contribution in [0.25, 0.3) is 0 Å². The van der Waals surface area contributed by atoms with Gasteiger partial charge in [-0.1, -0.05) is 0 Å². The minimum atomic E-state index is -0.352. The number of rotatable bonds is 2. The first-order valence-electron chi connectivity index (χ1n) is 11.9. The maximum Gasteiger partial charge on any atom is 0.314 e. The van der Waals surface area contributed by atoms with Crippen LogP contribution in [0, 0.1) is 5.41 Å². The summed E-state index contributed by atoms with van der Waals surface area (Å²) in [7, 11) is 0. The van der Waals surface area contributed by atoms with Gasteiger partial charge < -0.3 is 15.4 Å². The van der Waals surface area contributed by atoms with Crippen molar-refractivity contribution >= 4 is 28.2 Å². The number of nitrogen functional groups attached to an aromatic ring is 1. The van der Waals surface area contributed by atoms with Gasteiger partial charge in [-0.3, -0.25) is 14.5 Å². The van der Waals surface area contributed by atoms with Crippen molar-refractivity contribution in [2.24, 2.45) is 5.41 Å². The molecule has 6 nitrogen and oxygen atoms in total. The number of hydrogen-bond acceptors (Lipinski definition) is 6. The molecule has 0 saturated carbocycles. The van der Waals surface area contributed by atoms with E-state index < -0.39 is 0 Å². The van der Waals surface area contributed by atoms with Gasteiger partial charge in [0.1, 0.15) is 5.60 Å². The molecule has 1 aromatic heterocycles. The Morgan fingerprint density at radius 1 is 1.13 bits per heavy atom. The molecular weight excluding hydrogens is 410 g/mol. The molecule has 1 atom stereocenters. The number of hydrogen-bond donors (Lipinski definition) is 1. The predicted molar refractivity (Wildman–Crippen MR) is 122 cm³/mol. The Morgan fingerprint density at radius 3 is 2.58 bits per heavy atom. The van der Waals surface area contributed by atoms with Crippen LogP contribution in [0.1, 0.15) is 79.6 Å². The maximum atomic E-state index is 13.3. The van der Waals surface area contributed by atoms with E-state index in [-0.39, 0.29) is 22.9 Å². The van der Waals surface area contributed by atoms with Gasteiger partial charge in [-0.25, -0.2) is 0 Å². The first kappa shape index (κ1) is 21.3. The number of carbonyl (C=O) groups excluding carboxylic acids is 2. The van der Waals surface area contributed by atoms with Crippen LogP contribution in [-0.2, 0) is 22.4 Å². The first-order valence-corrected chi connectivity index (χ1v) is 12.8. The molecule has 5 rings (SSSR count). The lowest BCUT2D eigenvalue weighted by Gasteiger charge is -2.44. The molecule has 4 aliphatic rings. The number of fused-ring (bicyclic) bond motifs is 1. The predicted octanol–water partition coefficient (Wildman–Crippen LogP) is 3.62. The number of ether oxygens (including phenoxy) is 1. The van der Waals surface area contributed by atoms with Crippen LogP contribution in [0.5, 0.6) is 0 Å². The SMILES string of the molecule is CC1(C)CC2(CCCN(C3CCN(C(=O)c4c(N)sc5c4CCCC5)CC3)C2)C(=O)O1. The minimum Gasteiger partial charge on any atom is -0.459 e. The number of aryl methyl sites for hydroxylation is 1. The lowest BCUT2D eigenvalue weighted by molar-refractivity contribution is -0.154. The topological polar surface area (TPSA) is 75.9 Å². The summed E-state index contributed by atoms with van der Waals surface area (Å²) in [6.07, 6.45) is 9.13. The molecule has 1 aromatic rings. The van der Waals surface area contributed by atoms with E-state index in [9.17, 15) is 9.59 Å². The average molecular weight is 446 g/mol. The summed E-state index contributed by atoms with van der Waals surface area (Å²) >= 11 is 1.62. The van der Waals surface area contributed by atoms with Crippen molar-refractivity contribution in [3.8, 4) is 0 Å². The Kier molecular flexibility index (Phi) is 5.32. The van der Waals surface area contributed by atoms with E-state index in [0.29, 0.717) is 11.0 Å². The lowest BCUT2D eigenvalue weighted by atomic mass is 9.74. The van der Waals surface area contributed by atoms with Gasteiger partial charge in [-0.05, 0) is 77.3 Å². The van der Waals surface area contributed by atoms with Crippen molar-refractivity contribution in [2.75, 3.05) is 31.9 Å². The second-order valence-electron chi connectivity index (χ2n) is 10.7. The van der Waals surface area contributed by atoms with Crippen LogP contribution in [0.15, 0.2) is 0 Å². The van der Waals surface area contributed by atoms with Gasteiger partial charge in [-0.15, -0.1) is 11.3 Å². The number of piperidine rings is 2. The van der Waals surface area contributed by atoms with E-state index in [2.05, 4.69) is 4.90 Å². The van der Waals surface area contributed by atoms with Gasteiger partial charge in [0, 0.05) is 37.0 Å². The van der Waals surface area contributed by atoms with Crippen molar-refractivity contribution in [1.29, 1.82) is 0 Å². The monoisotopic (exact) mass is 445 g/mol. The highest BCUT2D eigenvalue weighted by atomic mass is 32.1. The van der Waals surface area contributed by atoms with Crippen molar-refractivity contribution in [3.63, 3.8) is 0 Å². The van der Waals surface area contributed by atoms with Gasteiger partial charge in [-0.2, -0.15) is 0 Å². The molecule has 3 saturated heterocycles. The fraction of sp³-hybridized carbons (Fsp3) is 0.750. The first-order chi connectivity index (χ1) is 14.8. The molecule has 4 heterocycles. The molecule has 2 N–H and O–H groups in total. The molecule has 1 spiro atoms. The van der Waals surface area contributed by atoms with E-state index in [0.717, 1.165) is 83.1 Å². The maximum absolute atomic E-state index is 13.3. The molecule has 3 fully saturated rings. The highest BCUT2D eigenvalue weighted by Crippen LogP contribution is 2.47. The minimum absolute atomic E-state index is 0.00693. The van der Waals surface area contributed by atoms with E-state index in [1.54, 1.807) is 11.3 Å². The highest BCUT2D eigenvalue weighted by Gasteiger charge is 2.54. The van der Waals surface area contributed by atoms with E-state index in [4.69, 9.17) is 10.5 Å². The number of anilines is 1. The Hall–Kier alpha value is -1.60.